The normalized spacial score (nSPS) is 10.5. The van der Waals surface area contributed by atoms with Crippen LogP contribution in [0.2, 0.25) is 0 Å². The summed E-state index contributed by atoms with van der Waals surface area (Å²) in [6.45, 7) is 0.287. The number of rotatable bonds is 9. The van der Waals surface area contributed by atoms with Crippen LogP contribution in [0.4, 0.5) is 0 Å². The molecule has 0 aliphatic heterocycles. The van der Waals surface area contributed by atoms with Gasteiger partial charge in [0.25, 0.3) is 0 Å². The van der Waals surface area contributed by atoms with Gasteiger partial charge in [0.2, 0.25) is 0 Å². The van der Waals surface area contributed by atoms with E-state index in [1.54, 1.807) is 49.6 Å². The molecule has 1 aromatic heterocycles. The number of carbonyl (C=O) groups excluding carboxylic acids is 2. The highest BCUT2D eigenvalue weighted by Crippen LogP contribution is 2.36. The van der Waals surface area contributed by atoms with Gasteiger partial charge in [0.15, 0.2) is 17.2 Å². The molecule has 3 aromatic carbocycles. The molecule has 0 bridgehead atoms. The van der Waals surface area contributed by atoms with E-state index in [0.717, 1.165) is 11.3 Å². The number of methoxy groups -OCH3 is 4. The first kappa shape index (κ1) is 25.3. The van der Waals surface area contributed by atoms with E-state index in [1.165, 1.54) is 26.0 Å². The number of nitrogens with zero attached hydrogens (tertiary/aromatic N) is 2. The first-order valence-electron chi connectivity index (χ1n) is 11.3. The van der Waals surface area contributed by atoms with Gasteiger partial charge in [0.1, 0.15) is 23.6 Å². The molecule has 0 spiro atoms. The fraction of sp³-hybridized carbons (Fsp3) is 0.179. The summed E-state index contributed by atoms with van der Waals surface area (Å²) < 4.78 is 28.2. The van der Waals surface area contributed by atoms with E-state index < -0.39 is 11.9 Å². The second-order valence-electron chi connectivity index (χ2n) is 7.81. The zero-order valence-electron chi connectivity index (χ0n) is 20.9. The van der Waals surface area contributed by atoms with Gasteiger partial charge in [-0.3, -0.25) is 0 Å². The molecule has 0 unspecified atom stereocenters. The lowest BCUT2D eigenvalue weighted by molar-refractivity contribution is 0.0549. The Balaban J connectivity index is 1.78. The topological polar surface area (TPSA) is 98.1 Å². The summed E-state index contributed by atoms with van der Waals surface area (Å²) in [4.78, 5) is 25.7. The fourth-order valence-electron chi connectivity index (χ4n) is 3.81. The van der Waals surface area contributed by atoms with Gasteiger partial charge in [-0.1, -0.05) is 30.3 Å². The number of hydrogen-bond acceptors (Lipinski definition) is 8. The summed E-state index contributed by atoms with van der Waals surface area (Å²) in [6, 6.07) is 21.6. The van der Waals surface area contributed by atoms with Gasteiger partial charge in [-0.05, 0) is 48.0 Å². The predicted molar refractivity (Wildman–Crippen MR) is 136 cm³/mol. The molecule has 9 heteroatoms. The average molecular weight is 503 g/mol. The van der Waals surface area contributed by atoms with Crippen LogP contribution in [-0.4, -0.2) is 50.2 Å². The Morgan fingerprint density at radius 3 is 2.22 bits per heavy atom. The Kier molecular flexibility index (Phi) is 7.73. The number of ether oxygens (including phenoxy) is 5. The highest BCUT2D eigenvalue weighted by molar-refractivity contribution is 6.06. The largest absolute Gasteiger partial charge is 0.497 e. The maximum absolute atomic E-state index is 12.9. The third-order valence-electron chi connectivity index (χ3n) is 5.62. The monoisotopic (exact) mass is 502 g/mol. The molecular formula is C28H26N2O7. The van der Waals surface area contributed by atoms with Gasteiger partial charge in [-0.15, -0.1) is 0 Å². The van der Waals surface area contributed by atoms with Crippen LogP contribution in [0.25, 0.3) is 16.9 Å². The molecule has 0 radical (unpaired) electrons. The van der Waals surface area contributed by atoms with Crippen molar-refractivity contribution in [1.82, 2.24) is 9.78 Å². The lowest BCUT2D eigenvalue weighted by Gasteiger charge is -2.13. The lowest BCUT2D eigenvalue weighted by atomic mass is 10.0. The SMILES string of the molecule is COC(=O)c1c(-c2ccc(OCc3cccc(OC)c3)c(OC)c2)nn(-c2ccccc2)c1C(=O)OC. The lowest BCUT2D eigenvalue weighted by Crippen LogP contribution is -2.15. The van der Waals surface area contributed by atoms with E-state index in [0.29, 0.717) is 22.7 Å². The number of hydrogen-bond donors (Lipinski definition) is 0. The number of aromatic nitrogens is 2. The molecule has 37 heavy (non-hydrogen) atoms. The molecule has 0 aliphatic carbocycles. The van der Waals surface area contributed by atoms with Crippen LogP contribution >= 0.6 is 0 Å². The number of carbonyl (C=O) groups is 2. The molecule has 0 N–H and O–H groups in total. The Labute approximate surface area is 214 Å². The number of para-hydroxylation sites is 1. The Morgan fingerprint density at radius 1 is 0.784 bits per heavy atom. The van der Waals surface area contributed by atoms with Crippen LogP contribution in [0.15, 0.2) is 72.8 Å². The van der Waals surface area contributed by atoms with Crippen LogP contribution in [0, 0.1) is 0 Å². The third kappa shape index (κ3) is 5.25. The van der Waals surface area contributed by atoms with E-state index in [-0.39, 0.29) is 23.6 Å². The molecule has 4 rings (SSSR count). The van der Waals surface area contributed by atoms with E-state index in [9.17, 15) is 9.59 Å². The van der Waals surface area contributed by atoms with Gasteiger partial charge in [0.05, 0.1) is 34.1 Å². The smallest absolute Gasteiger partial charge is 0.357 e. The van der Waals surface area contributed by atoms with Crippen molar-refractivity contribution in [2.75, 3.05) is 28.4 Å². The molecular weight excluding hydrogens is 476 g/mol. The predicted octanol–water partition coefficient (Wildman–Crippen LogP) is 4.71. The van der Waals surface area contributed by atoms with Crippen molar-refractivity contribution in [2.24, 2.45) is 0 Å². The standard InChI is InChI=1S/C28H26N2O7/c1-33-21-12-8-9-18(15-21)17-37-22-14-13-19(16-23(22)34-2)25-24(27(31)35-3)26(28(32)36-4)30(29-25)20-10-6-5-7-11-20/h5-16H,17H2,1-4H3. The maximum Gasteiger partial charge on any atom is 0.357 e. The molecule has 0 aliphatic rings. The van der Waals surface area contributed by atoms with Crippen molar-refractivity contribution in [3.63, 3.8) is 0 Å². The molecule has 4 aromatic rings. The summed E-state index contributed by atoms with van der Waals surface area (Å²) in [7, 11) is 5.60. The summed E-state index contributed by atoms with van der Waals surface area (Å²) in [6.07, 6.45) is 0. The number of benzene rings is 3. The zero-order chi connectivity index (χ0) is 26.4. The molecule has 0 atom stereocenters. The first-order valence-corrected chi connectivity index (χ1v) is 11.3. The number of esters is 2. The minimum absolute atomic E-state index is 0.0229. The van der Waals surface area contributed by atoms with Gasteiger partial charge in [0, 0.05) is 5.56 Å². The minimum atomic E-state index is -0.729. The van der Waals surface area contributed by atoms with Crippen molar-refractivity contribution in [2.45, 2.75) is 6.61 Å². The fourth-order valence-corrected chi connectivity index (χ4v) is 3.81. The summed E-state index contributed by atoms with van der Waals surface area (Å²) in [5.74, 6) is 0.187. The quantitative estimate of drug-likeness (QED) is 0.304. The van der Waals surface area contributed by atoms with Crippen molar-refractivity contribution >= 4 is 11.9 Å². The van der Waals surface area contributed by atoms with Crippen molar-refractivity contribution in [1.29, 1.82) is 0 Å². The van der Waals surface area contributed by atoms with E-state index in [2.05, 4.69) is 5.10 Å². The highest BCUT2D eigenvalue weighted by Gasteiger charge is 2.31. The Hall–Kier alpha value is -4.79. The maximum atomic E-state index is 12.9. The van der Waals surface area contributed by atoms with Crippen molar-refractivity contribution in [3.8, 4) is 34.2 Å². The average Bonchev–Trinajstić information content (AvgIpc) is 3.36. The van der Waals surface area contributed by atoms with Crippen LogP contribution in [0.3, 0.4) is 0 Å². The molecule has 0 fully saturated rings. The van der Waals surface area contributed by atoms with Crippen molar-refractivity contribution in [3.05, 3.63) is 89.6 Å². The third-order valence-corrected chi connectivity index (χ3v) is 5.62. The molecule has 9 nitrogen and oxygen atoms in total. The molecule has 0 saturated heterocycles. The van der Waals surface area contributed by atoms with E-state index >= 15 is 0 Å². The molecule has 1 heterocycles. The first-order chi connectivity index (χ1) is 18.0. The second-order valence-corrected chi connectivity index (χ2v) is 7.81. The van der Waals surface area contributed by atoms with Crippen LogP contribution in [-0.2, 0) is 16.1 Å². The summed E-state index contributed by atoms with van der Waals surface area (Å²) in [5.41, 5.74) is 2.17. The van der Waals surface area contributed by atoms with Crippen LogP contribution in [0.5, 0.6) is 17.2 Å². The van der Waals surface area contributed by atoms with Gasteiger partial charge >= 0.3 is 11.9 Å². The van der Waals surface area contributed by atoms with Crippen LogP contribution < -0.4 is 14.2 Å². The zero-order valence-corrected chi connectivity index (χ0v) is 20.9. The van der Waals surface area contributed by atoms with Gasteiger partial charge in [-0.2, -0.15) is 5.10 Å². The highest BCUT2D eigenvalue weighted by atomic mass is 16.5. The van der Waals surface area contributed by atoms with Crippen LogP contribution in [0.1, 0.15) is 26.4 Å². The van der Waals surface area contributed by atoms with Crippen molar-refractivity contribution < 1.29 is 33.3 Å². The van der Waals surface area contributed by atoms with E-state index in [4.69, 9.17) is 23.7 Å². The van der Waals surface area contributed by atoms with Gasteiger partial charge in [-0.25, -0.2) is 14.3 Å². The van der Waals surface area contributed by atoms with E-state index in [1.807, 2.05) is 30.3 Å². The summed E-state index contributed by atoms with van der Waals surface area (Å²) >= 11 is 0. The minimum Gasteiger partial charge on any atom is -0.497 e. The second kappa shape index (κ2) is 11.3. The Bertz CT molecular complexity index is 1410. The Morgan fingerprint density at radius 2 is 1.54 bits per heavy atom. The molecule has 0 amide bonds. The molecule has 0 saturated carbocycles. The molecule has 190 valence electrons. The van der Waals surface area contributed by atoms with Gasteiger partial charge < -0.3 is 23.7 Å². The summed E-state index contributed by atoms with van der Waals surface area (Å²) in [5, 5.41) is 4.61.